The van der Waals surface area contributed by atoms with Gasteiger partial charge in [0.15, 0.2) is 9.26 Å². The van der Waals surface area contributed by atoms with Crippen molar-refractivity contribution < 1.29 is 93.0 Å². The summed E-state index contributed by atoms with van der Waals surface area (Å²) in [5, 5.41) is -0.627. The quantitative estimate of drug-likeness (QED) is 0.0931. The predicted octanol–water partition coefficient (Wildman–Crippen LogP) is 5.31. The van der Waals surface area contributed by atoms with Crippen molar-refractivity contribution in [3.05, 3.63) is 56.0 Å². The van der Waals surface area contributed by atoms with Crippen molar-refractivity contribution in [2.24, 2.45) is 0 Å². The third kappa shape index (κ3) is 13.2. The van der Waals surface area contributed by atoms with Gasteiger partial charge in [-0.3, -0.25) is 9.18 Å². The standard InChI is InChI=1S/C8H4F3NS2.C7H5BrF3N.C3H6O2S.CH3F.K/c9-8(10,11)4-2-1-3-5-6(4)14-7(13)12-5;8-6-4(7(9,10)11)2-1-3-5(6)12;1-2-5-3(4)6;1-2;/h1-3H,(H,12,13);1-3H,12H2;2H2,1H3,(H,4,6);1H3;/q;;;;+1/p-1/i;;;1D;. The zero-order valence-electron chi connectivity index (χ0n) is 19.0. The van der Waals surface area contributed by atoms with Crippen LogP contribution in [0.15, 0.2) is 40.9 Å². The number of nitrogen functional groups attached to an aromatic ring is 1. The zero-order valence-corrected chi connectivity index (χ0v) is 25.2. The van der Waals surface area contributed by atoms with Gasteiger partial charge >= 0.3 is 63.7 Å². The van der Waals surface area contributed by atoms with Gasteiger partial charge in [-0.2, -0.15) is 26.3 Å². The predicted molar refractivity (Wildman–Crippen MR) is 127 cm³/mol. The van der Waals surface area contributed by atoms with Gasteiger partial charge < -0.3 is 28.1 Å². The monoisotopic (exact) mass is 653 g/mol. The Balaban J connectivity index is 0. The molecule has 0 aliphatic heterocycles. The second-order valence-electron chi connectivity index (χ2n) is 5.58. The molecule has 190 valence electrons. The first kappa shape index (κ1) is 34.7. The number of aromatic nitrogens is 1. The molecule has 35 heavy (non-hydrogen) atoms. The summed E-state index contributed by atoms with van der Waals surface area (Å²) in [7, 11) is -1.00. The normalized spacial score (nSPS) is 10.7. The van der Waals surface area contributed by atoms with Crippen LogP contribution in [0.4, 0.5) is 41.2 Å². The van der Waals surface area contributed by atoms with Crippen LogP contribution in [0.5, 0.6) is 0 Å². The van der Waals surface area contributed by atoms with Crippen molar-refractivity contribution in [1.29, 1.82) is 0 Å². The fourth-order valence-electron chi connectivity index (χ4n) is 2.08. The van der Waals surface area contributed by atoms with E-state index in [-0.39, 0.29) is 66.2 Å². The SMILES string of the molecule is CCOC(=O)[S-].FC(F)(F)c1cccc2[nH]c(=S)sc12.Nc1cccc(C(F)(F)F)c1Br.[2H]CF.[K+]. The molecule has 2 aromatic carbocycles. The molecule has 16 heteroatoms. The van der Waals surface area contributed by atoms with Crippen LogP contribution in [-0.2, 0) is 29.7 Å². The van der Waals surface area contributed by atoms with Crippen molar-refractivity contribution in [1.82, 2.24) is 4.98 Å². The van der Waals surface area contributed by atoms with E-state index in [9.17, 15) is 35.5 Å². The largest absolute Gasteiger partial charge is 1.00 e. The third-order valence-corrected chi connectivity index (χ3v) is 5.63. The Morgan fingerprint density at radius 2 is 1.66 bits per heavy atom. The van der Waals surface area contributed by atoms with Crippen LogP contribution in [0.2, 0.25) is 0 Å². The summed E-state index contributed by atoms with van der Waals surface area (Å²) in [4.78, 5) is 12.3. The van der Waals surface area contributed by atoms with E-state index >= 15 is 0 Å². The molecular weight excluding hydrogens is 636 g/mol. The molecular formula is C19H17BrF7KN2O2S3. The summed E-state index contributed by atoms with van der Waals surface area (Å²) in [6.07, 6.45) is -8.67. The molecule has 4 nitrogen and oxygen atoms in total. The molecule has 0 aliphatic rings. The van der Waals surface area contributed by atoms with Gasteiger partial charge in [-0.25, -0.2) is 0 Å². The van der Waals surface area contributed by atoms with Crippen LogP contribution in [0.25, 0.3) is 10.2 Å². The van der Waals surface area contributed by atoms with Gasteiger partial charge in [0.2, 0.25) is 0 Å². The number of fused-ring (bicyclic) bond motifs is 1. The van der Waals surface area contributed by atoms with E-state index in [4.69, 9.17) is 19.3 Å². The number of H-pyrrole nitrogens is 1. The van der Waals surface area contributed by atoms with Gasteiger partial charge in [-0.15, -0.1) is 11.3 Å². The summed E-state index contributed by atoms with van der Waals surface area (Å²) >= 11 is 12.5. The first-order chi connectivity index (χ1) is 16.1. The minimum atomic E-state index is -4.35. The Hall–Kier alpha value is -0.334. The molecule has 0 saturated carbocycles. The van der Waals surface area contributed by atoms with E-state index < -0.39 is 35.9 Å². The van der Waals surface area contributed by atoms with Gasteiger partial charge in [-0.05, 0) is 59.3 Å². The molecule has 1 aromatic heterocycles. The number of alkyl halides is 7. The molecule has 0 fully saturated rings. The second kappa shape index (κ2) is 17.2. The van der Waals surface area contributed by atoms with Crippen molar-refractivity contribution >= 4 is 73.3 Å². The van der Waals surface area contributed by atoms with E-state index in [1.807, 2.05) is 0 Å². The van der Waals surface area contributed by atoms with E-state index in [0.29, 0.717) is 16.1 Å². The van der Waals surface area contributed by atoms with Crippen LogP contribution in [0.3, 0.4) is 0 Å². The number of hydrogen-bond donors (Lipinski definition) is 2. The van der Waals surface area contributed by atoms with Gasteiger partial charge in [0.1, 0.15) is 0 Å². The number of ether oxygens (including phenoxy) is 1. The van der Waals surface area contributed by atoms with Crippen LogP contribution in [0.1, 0.15) is 19.4 Å². The van der Waals surface area contributed by atoms with Crippen LogP contribution in [0, 0.1) is 3.95 Å². The van der Waals surface area contributed by atoms with Crippen molar-refractivity contribution in [2.45, 2.75) is 19.3 Å². The molecule has 0 unspecified atom stereocenters. The summed E-state index contributed by atoms with van der Waals surface area (Å²) < 4.78 is 94.0. The number of hydrogen-bond acceptors (Lipinski definition) is 6. The fourth-order valence-corrected chi connectivity index (χ4v) is 3.92. The minimum Gasteiger partial charge on any atom is -0.698 e. The van der Waals surface area contributed by atoms with E-state index in [1.54, 1.807) is 13.0 Å². The summed E-state index contributed by atoms with van der Waals surface area (Å²) in [6.45, 7) is 2.09. The maximum atomic E-state index is 12.5. The molecule has 3 aromatic rings. The summed E-state index contributed by atoms with van der Waals surface area (Å²) in [5.74, 6) is 0. The van der Waals surface area contributed by atoms with Crippen LogP contribution in [-0.4, -0.2) is 24.0 Å². The maximum absolute atomic E-state index is 12.5. The van der Waals surface area contributed by atoms with Crippen LogP contribution >= 0.6 is 39.5 Å². The number of benzene rings is 2. The number of aromatic amines is 1. The Morgan fingerprint density at radius 3 is 2.06 bits per heavy atom. The van der Waals surface area contributed by atoms with Gasteiger partial charge in [-0.1, -0.05) is 12.1 Å². The van der Waals surface area contributed by atoms with Crippen molar-refractivity contribution in [3.63, 3.8) is 0 Å². The molecule has 0 atom stereocenters. The first-order valence-corrected chi connectivity index (χ1v) is 11.0. The Morgan fingerprint density at radius 1 is 1.17 bits per heavy atom. The molecule has 1 heterocycles. The van der Waals surface area contributed by atoms with E-state index in [2.05, 4.69) is 38.3 Å². The number of thiazole rings is 1. The number of nitrogens with two attached hydrogens (primary N) is 1. The van der Waals surface area contributed by atoms with Gasteiger partial charge in [0, 0.05) is 5.69 Å². The number of anilines is 1. The van der Waals surface area contributed by atoms with E-state index in [0.717, 1.165) is 23.5 Å². The first-order valence-electron chi connectivity index (χ1n) is 9.29. The Kier molecular flexibility index (Phi) is 17.1. The molecule has 0 radical (unpaired) electrons. The molecule has 0 bridgehead atoms. The fraction of sp³-hybridized carbons (Fsp3) is 0.263. The molecule has 0 amide bonds. The Bertz CT molecular complexity index is 1140. The Labute approximate surface area is 263 Å². The van der Waals surface area contributed by atoms with Crippen molar-refractivity contribution in [3.8, 4) is 0 Å². The van der Waals surface area contributed by atoms with Gasteiger partial charge in [0.25, 0.3) is 0 Å². The average Bonchev–Trinajstić information content (AvgIpc) is 3.10. The second-order valence-corrected chi connectivity index (χ2v) is 8.40. The molecule has 0 saturated heterocycles. The maximum Gasteiger partial charge on any atom is 1.00 e. The summed E-state index contributed by atoms with van der Waals surface area (Å²) in [5.41, 5.74) is 4.42. The van der Waals surface area contributed by atoms with Crippen molar-refractivity contribution in [2.75, 3.05) is 19.5 Å². The molecule has 3 rings (SSSR count). The number of halogens is 8. The smallest absolute Gasteiger partial charge is 0.698 e. The molecule has 0 aliphatic carbocycles. The van der Waals surface area contributed by atoms with E-state index in [1.165, 1.54) is 18.2 Å². The number of carbonyl (C=O) groups is 1. The van der Waals surface area contributed by atoms with Crippen LogP contribution < -0.4 is 57.1 Å². The zero-order chi connectivity index (χ0) is 27.4. The third-order valence-electron chi connectivity index (χ3n) is 3.35. The molecule has 3 N–H and O–H groups in total. The van der Waals surface area contributed by atoms with Gasteiger partial charge in [0.05, 0.1) is 40.9 Å². The topological polar surface area (TPSA) is 68.1 Å². The summed E-state index contributed by atoms with van der Waals surface area (Å²) in [6, 6.07) is 7.64. The number of rotatable bonds is 1. The number of carbonyl (C=O) groups excluding carboxylic acids is 1. The number of nitrogens with one attached hydrogen (secondary N) is 1. The molecule has 0 spiro atoms. The average molecular weight is 655 g/mol. The minimum absolute atomic E-state index is 0.